The zero-order chi connectivity index (χ0) is 13.4. The number of thioether (sulfide) groups is 1. The topological polar surface area (TPSA) is 35.5 Å². The lowest BCUT2D eigenvalue weighted by Gasteiger charge is -2.11. The Kier molecular flexibility index (Phi) is 6.65. The molecule has 1 atom stereocenters. The van der Waals surface area contributed by atoms with Gasteiger partial charge in [-0.25, -0.2) is 0 Å². The highest BCUT2D eigenvalue weighted by molar-refractivity contribution is 7.99. The monoisotopic (exact) mass is 268 g/mol. The minimum Gasteiger partial charge on any atom is -0.492 e. The van der Waals surface area contributed by atoms with Crippen LogP contribution < -0.4 is 4.74 Å². The molecule has 100 valence electrons. The van der Waals surface area contributed by atoms with E-state index in [0.717, 1.165) is 17.1 Å². The number of methoxy groups -OCH3 is 1. The van der Waals surface area contributed by atoms with Gasteiger partial charge in [0.25, 0.3) is 0 Å². The maximum Gasteiger partial charge on any atom is 0.306 e. The van der Waals surface area contributed by atoms with Gasteiger partial charge in [-0.2, -0.15) is 11.8 Å². The third-order valence-electron chi connectivity index (χ3n) is 2.52. The third-order valence-corrected chi connectivity index (χ3v) is 3.66. The lowest BCUT2D eigenvalue weighted by Crippen LogP contribution is -2.11. The van der Waals surface area contributed by atoms with Crippen LogP contribution in [0.4, 0.5) is 0 Å². The van der Waals surface area contributed by atoms with Crippen molar-refractivity contribution in [1.29, 1.82) is 0 Å². The van der Waals surface area contributed by atoms with E-state index >= 15 is 0 Å². The molecule has 3 nitrogen and oxygen atoms in total. The molecule has 0 amide bonds. The molecule has 1 aromatic carbocycles. The number of aryl methyl sites for hydroxylation is 1. The molecule has 0 aliphatic carbocycles. The van der Waals surface area contributed by atoms with Gasteiger partial charge < -0.3 is 9.47 Å². The van der Waals surface area contributed by atoms with E-state index in [0.29, 0.717) is 13.0 Å². The largest absolute Gasteiger partial charge is 0.492 e. The Morgan fingerprint density at radius 1 is 1.39 bits per heavy atom. The summed E-state index contributed by atoms with van der Waals surface area (Å²) in [6.45, 7) is 4.71. The number of hydrogen-bond donors (Lipinski definition) is 0. The fourth-order valence-electron chi connectivity index (χ4n) is 1.50. The molecule has 1 rings (SSSR count). The van der Waals surface area contributed by atoms with E-state index < -0.39 is 0 Å². The summed E-state index contributed by atoms with van der Waals surface area (Å²) < 4.78 is 10.3. The molecule has 0 saturated carbocycles. The molecule has 0 N–H and O–H groups in total. The van der Waals surface area contributed by atoms with E-state index in [1.54, 1.807) is 11.8 Å². The lowest BCUT2D eigenvalue weighted by atomic mass is 10.2. The minimum atomic E-state index is -0.158. The standard InChI is InChI=1S/C14H20O3S/c1-11-6-4-5-7-13(11)17-8-9-18-12(2)10-14(15)16-3/h4-7,12H,8-10H2,1-3H3. The average Bonchev–Trinajstić information content (AvgIpc) is 2.36. The number of ether oxygens (including phenoxy) is 2. The van der Waals surface area contributed by atoms with E-state index in [1.165, 1.54) is 7.11 Å². The Balaban J connectivity index is 2.19. The second-order valence-electron chi connectivity index (χ2n) is 4.08. The highest BCUT2D eigenvalue weighted by Gasteiger charge is 2.09. The maximum absolute atomic E-state index is 11.1. The van der Waals surface area contributed by atoms with Gasteiger partial charge in [0.05, 0.1) is 20.1 Å². The summed E-state index contributed by atoms with van der Waals surface area (Å²) in [5.74, 6) is 1.64. The number of esters is 1. The summed E-state index contributed by atoms with van der Waals surface area (Å²) in [5, 5.41) is 0.262. The van der Waals surface area contributed by atoms with Crippen LogP contribution in [0.3, 0.4) is 0 Å². The summed E-state index contributed by atoms with van der Waals surface area (Å²) in [4.78, 5) is 11.1. The number of carbonyl (C=O) groups is 1. The molecule has 0 aliphatic rings. The molecule has 0 bridgehead atoms. The van der Waals surface area contributed by atoms with E-state index in [-0.39, 0.29) is 11.2 Å². The van der Waals surface area contributed by atoms with Crippen molar-refractivity contribution < 1.29 is 14.3 Å². The quantitative estimate of drug-likeness (QED) is 0.562. The predicted molar refractivity (Wildman–Crippen MR) is 75.2 cm³/mol. The molecule has 1 unspecified atom stereocenters. The molecule has 0 fully saturated rings. The molecule has 0 aliphatic heterocycles. The predicted octanol–water partition coefficient (Wildman–Crippen LogP) is 3.06. The van der Waals surface area contributed by atoms with Crippen LogP contribution in [-0.2, 0) is 9.53 Å². The fraction of sp³-hybridized carbons (Fsp3) is 0.500. The van der Waals surface area contributed by atoms with Crippen LogP contribution >= 0.6 is 11.8 Å². The van der Waals surface area contributed by atoms with Crippen LogP contribution in [0.5, 0.6) is 5.75 Å². The molecule has 4 heteroatoms. The van der Waals surface area contributed by atoms with Crippen molar-refractivity contribution in [3.63, 3.8) is 0 Å². The SMILES string of the molecule is COC(=O)CC(C)SCCOc1ccccc1C. The Hall–Kier alpha value is -1.16. The summed E-state index contributed by atoms with van der Waals surface area (Å²) in [6.07, 6.45) is 0.450. The van der Waals surface area contributed by atoms with E-state index in [1.807, 2.05) is 38.1 Å². The highest BCUT2D eigenvalue weighted by atomic mass is 32.2. The molecule has 0 spiro atoms. The van der Waals surface area contributed by atoms with Crippen LogP contribution in [0, 0.1) is 6.92 Å². The number of benzene rings is 1. The Bertz CT molecular complexity index is 379. The average molecular weight is 268 g/mol. The third kappa shape index (κ3) is 5.45. The maximum atomic E-state index is 11.1. The molecule has 0 aromatic heterocycles. The normalized spacial score (nSPS) is 11.9. The second-order valence-corrected chi connectivity index (χ2v) is 5.62. The van der Waals surface area contributed by atoms with Crippen LogP contribution in [-0.4, -0.2) is 30.7 Å². The van der Waals surface area contributed by atoms with Crippen molar-refractivity contribution in [2.45, 2.75) is 25.5 Å². The summed E-state index contributed by atoms with van der Waals surface area (Å²) in [7, 11) is 1.42. The van der Waals surface area contributed by atoms with E-state index in [2.05, 4.69) is 4.74 Å². The van der Waals surface area contributed by atoms with Crippen molar-refractivity contribution >= 4 is 17.7 Å². The van der Waals surface area contributed by atoms with Crippen molar-refractivity contribution in [2.75, 3.05) is 19.5 Å². The van der Waals surface area contributed by atoms with Crippen molar-refractivity contribution in [2.24, 2.45) is 0 Å². The fourth-order valence-corrected chi connectivity index (χ4v) is 2.33. The van der Waals surface area contributed by atoms with E-state index in [4.69, 9.17) is 4.74 Å². The summed E-state index contributed by atoms with van der Waals surface area (Å²) in [5.41, 5.74) is 1.14. The van der Waals surface area contributed by atoms with Gasteiger partial charge in [0.2, 0.25) is 0 Å². The van der Waals surface area contributed by atoms with Crippen molar-refractivity contribution in [3.8, 4) is 5.75 Å². The first-order chi connectivity index (χ1) is 8.63. The molecule has 18 heavy (non-hydrogen) atoms. The van der Waals surface area contributed by atoms with Gasteiger partial charge in [-0.15, -0.1) is 0 Å². The molecular formula is C14H20O3S. The Morgan fingerprint density at radius 3 is 2.78 bits per heavy atom. The van der Waals surface area contributed by atoms with Crippen LogP contribution in [0.15, 0.2) is 24.3 Å². The van der Waals surface area contributed by atoms with Gasteiger partial charge in [-0.1, -0.05) is 25.1 Å². The number of hydrogen-bond acceptors (Lipinski definition) is 4. The zero-order valence-electron chi connectivity index (χ0n) is 11.1. The first-order valence-electron chi connectivity index (χ1n) is 6.00. The molecular weight excluding hydrogens is 248 g/mol. The van der Waals surface area contributed by atoms with Crippen molar-refractivity contribution in [1.82, 2.24) is 0 Å². The first kappa shape index (κ1) is 14.9. The molecule has 0 saturated heterocycles. The highest BCUT2D eigenvalue weighted by Crippen LogP contribution is 2.18. The zero-order valence-corrected chi connectivity index (χ0v) is 12.0. The smallest absolute Gasteiger partial charge is 0.306 e. The molecule has 0 heterocycles. The van der Waals surface area contributed by atoms with Gasteiger partial charge in [0, 0.05) is 11.0 Å². The van der Waals surface area contributed by atoms with Gasteiger partial charge in [-0.3, -0.25) is 4.79 Å². The Morgan fingerprint density at radius 2 is 2.11 bits per heavy atom. The van der Waals surface area contributed by atoms with Gasteiger partial charge in [0.1, 0.15) is 5.75 Å². The van der Waals surface area contributed by atoms with Gasteiger partial charge in [-0.05, 0) is 18.6 Å². The number of rotatable bonds is 7. The van der Waals surface area contributed by atoms with E-state index in [9.17, 15) is 4.79 Å². The van der Waals surface area contributed by atoms with Crippen LogP contribution in [0.25, 0.3) is 0 Å². The minimum absolute atomic E-state index is 0.158. The van der Waals surface area contributed by atoms with Crippen molar-refractivity contribution in [3.05, 3.63) is 29.8 Å². The molecule has 0 radical (unpaired) electrons. The lowest BCUT2D eigenvalue weighted by molar-refractivity contribution is -0.140. The first-order valence-corrected chi connectivity index (χ1v) is 7.05. The second kappa shape index (κ2) is 8.03. The molecule has 1 aromatic rings. The summed E-state index contributed by atoms with van der Waals surface area (Å²) >= 11 is 1.72. The number of carbonyl (C=O) groups excluding carboxylic acids is 1. The van der Waals surface area contributed by atoms with Crippen LogP contribution in [0.2, 0.25) is 0 Å². The van der Waals surface area contributed by atoms with Crippen LogP contribution in [0.1, 0.15) is 18.9 Å². The summed E-state index contributed by atoms with van der Waals surface area (Å²) in [6, 6.07) is 7.96. The Labute approximate surface area is 113 Å². The van der Waals surface area contributed by atoms with Gasteiger partial charge in [0.15, 0.2) is 0 Å². The van der Waals surface area contributed by atoms with Gasteiger partial charge >= 0.3 is 5.97 Å². The number of para-hydroxylation sites is 1.